The van der Waals surface area contributed by atoms with Gasteiger partial charge in [0.15, 0.2) is 0 Å². The highest BCUT2D eigenvalue weighted by molar-refractivity contribution is 7.89. The fourth-order valence-electron chi connectivity index (χ4n) is 4.05. The van der Waals surface area contributed by atoms with Crippen LogP contribution in [0.1, 0.15) is 17.3 Å². The number of methoxy groups -OCH3 is 1. The van der Waals surface area contributed by atoms with Gasteiger partial charge < -0.3 is 19.7 Å². The Labute approximate surface area is 206 Å². The summed E-state index contributed by atoms with van der Waals surface area (Å²) in [5.74, 6) is 0.946. The van der Waals surface area contributed by atoms with Crippen molar-refractivity contribution < 1.29 is 22.7 Å². The van der Waals surface area contributed by atoms with Gasteiger partial charge >= 0.3 is 0 Å². The maximum Gasteiger partial charge on any atom is 0.259 e. The maximum atomic E-state index is 13.2. The smallest absolute Gasteiger partial charge is 0.259 e. The zero-order chi connectivity index (χ0) is 24.8. The number of carbonyl (C=O) groups is 1. The summed E-state index contributed by atoms with van der Waals surface area (Å²) in [5, 5.41) is 2.80. The first-order chi connectivity index (χ1) is 16.9. The number of benzene rings is 3. The van der Waals surface area contributed by atoms with E-state index in [0.717, 1.165) is 11.4 Å². The number of rotatable bonds is 8. The topological polar surface area (TPSA) is 88.2 Å². The van der Waals surface area contributed by atoms with Gasteiger partial charge in [0.1, 0.15) is 11.5 Å². The van der Waals surface area contributed by atoms with Crippen molar-refractivity contribution in [1.82, 2.24) is 4.31 Å². The van der Waals surface area contributed by atoms with E-state index < -0.39 is 10.0 Å². The molecule has 0 bridgehead atoms. The SMILES string of the molecule is CCOc1ccccc1C(=O)Nc1ccc(S(=O)(=O)N2CCN(c3ccccc3OC)CC2)cc1. The Hall–Kier alpha value is -3.56. The Morgan fingerprint density at radius 1 is 0.886 bits per heavy atom. The number of amides is 1. The average molecular weight is 496 g/mol. The number of nitrogens with zero attached hydrogens (tertiary/aromatic N) is 2. The second-order valence-electron chi connectivity index (χ2n) is 7.97. The third kappa shape index (κ3) is 5.41. The van der Waals surface area contributed by atoms with Crippen molar-refractivity contribution >= 4 is 27.3 Å². The van der Waals surface area contributed by atoms with Crippen LogP contribution in [0, 0.1) is 0 Å². The Balaban J connectivity index is 1.41. The van der Waals surface area contributed by atoms with E-state index in [2.05, 4.69) is 10.2 Å². The van der Waals surface area contributed by atoms with Crippen LogP contribution >= 0.6 is 0 Å². The van der Waals surface area contributed by atoms with Crippen LogP contribution in [0.15, 0.2) is 77.7 Å². The molecule has 1 aliphatic rings. The molecule has 1 fully saturated rings. The Kier molecular flexibility index (Phi) is 7.57. The van der Waals surface area contributed by atoms with Crippen LogP contribution < -0.4 is 19.7 Å². The monoisotopic (exact) mass is 495 g/mol. The Bertz CT molecular complexity index is 1270. The summed E-state index contributed by atoms with van der Waals surface area (Å²) < 4.78 is 38.9. The summed E-state index contributed by atoms with van der Waals surface area (Å²) >= 11 is 0. The van der Waals surface area contributed by atoms with Gasteiger partial charge in [0.05, 0.1) is 29.9 Å². The van der Waals surface area contributed by atoms with Gasteiger partial charge in [-0.05, 0) is 55.5 Å². The third-order valence-electron chi connectivity index (χ3n) is 5.85. The summed E-state index contributed by atoms with van der Waals surface area (Å²) in [6.07, 6.45) is 0. The van der Waals surface area contributed by atoms with Crippen molar-refractivity contribution in [3.63, 3.8) is 0 Å². The molecule has 4 rings (SSSR count). The molecule has 0 spiro atoms. The van der Waals surface area contributed by atoms with E-state index in [4.69, 9.17) is 9.47 Å². The molecule has 1 heterocycles. The minimum Gasteiger partial charge on any atom is -0.495 e. The van der Waals surface area contributed by atoms with Crippen LogP contribution in [0.5, 0.6) is 11.5 Å². The van der Waals surface area contributed by atoms with Crippen LogP contribution in [0.25, 0.3) is 0 Å². The molecule has 1 amide bonds. The third-order valence-corrected chi connectivity index (χ3v) is 7.76. The highest BCUT2D eigenvalue weighted by atomic mass is 32.2. The summed E-state index contributed by atoms with van der Waals surface area (Å²) in [6.45, 7) is 4.16. The fourth-order valence-corrected chi connectivity index (χ4v) is 5.48. The molecule has 8 nitrogen and oxygen atoms in total. The molecule has 35 heavy (non-hydrogen) atoms. The van der Waals surface area contributed by atoms with Crippen molar-refractivity contribution in [2.24, 2.45) is 0 Å². The summed E-state index contributed by atoms with van der Waals surface area (Å²) in [6, 6.07) is 20.9. The van der Waals surface area contributed by atoms with Crippen LogP contribution in [0.3, 0.4) is 0 Å². The van der Waals surface area contributed by atoms with E-state index in [9.17, 15) is 13.2 Å². The lowest BCUT2D eigenvalue weighted by atomic mass is 10.2. The Morgan fingerprint density at radius 3 is 2.17 bits per heavy atom. The molecule has 0 unspecified atom stereocenters. The van der Waals surface area contributed by atoms with E-state index in [1.165, 1.54) is 16.4 Å². The van der Waals surface area contributed by atoms with Crippen molar-refractivity contribution in [1.29, 1.82) is 0 Å². The average Bonchev–Trinajstić information content (AvgIpc) is 2.89. The molecular weight excluding hydrogens is 466 g/mol. The van der Waals surface area contributed by atoms with Crippen LogP contribution in [-0.2, 0) is 10.0 Å². The van der Waals surface area contributed by atoms with Gasteiger partial charge in [-0.1, -0.05) is 24.3 Å². The van der Waals surface area contributed by atoms with Crippen LogP contribution in [0.4, 0.5) is 11.4 Å². The molecule has 0 radical (unpaired) electrons. The highest BCUT2D eigenvalue weighted by Gasteiger charge is 2.29. The fraction of sp³-hybridized carbons (Fsp3) is 0.269. The van der Waals surface area contributed by atoms with Gasteiger partial charge in [0, 0.05) is 31.9 Å². The van der Waals surface area contributed by atoms with Crippen molar-refractivity contribution in [3.05, 3.63) is 78.4 Å². The lowest BCUT2D eigenvalue weighted by molar-refractivity contribution is 0.102. The van der Waals surface area contributed by atoms with Crippen LogP contribution in [-0.4, -0.2) is 58.5 Å². The van der Waals surface area contributed by atoms with Crippen molar-refractivity contribution in [3.8, 4) is 11.5 Å². The molecule has 0 atom stereocenters. The molecule has 3 aromatic carbocycles. The van der Waals surface area contributed by atoms with Gasteiger partial charge in [-0.25, -0.2) is 8.42 Å². The largest absolute Gasteiger partial charge is 0.495 e. The van der Waals surface area contributed by atoms with E-state index in [-0.39, 0.29) is 10.8 Å². The summed E-state index contributed by atoms with van der Waals surface area (Å²) in [4.78, 5) is 15.0. The number of sulfonamides is 1. The van der Waals surface area contributed by atoms with Gasteiger partial charge in [0.2, 0.25) is 10.0 Å². The van der Waals surface area contributed by atoms with Crippen LogP contribution in [0.2, 0.25) is 0 Å². The Morgan fingerprint density at radius 2 is 1.51 bits per heavy atom. The molecule has 3 aromatic rings. The van der Waals surface area contributed by atoms with Gasteiger partial charge in [0.25, 0.3) is 5.91 Å². The number of hydrogen-bond acceptors (Lipinski definition) is 6. The quantitative estimate of drug-likeness (QED) is 0.511. The molecular formula is C26H29N3O5S. The number of ether oxygens (including phenoxy) is 2. The first-order valence-corrected chi connectivity index (χ1v) is 12.9. The molecule has 9 heteroatoms. The second kappa shape index (κ2) is 10.8. The standard InChI is InChI=1S/C26H29N3O5S/c1-3-34-24-10-6-4-8-22(24)26(30)27-20-12-14-21(15-13-20)35(31,32)29-18-16-28(17-19-29)23-9-5-7-11-25(23)33-2/h4-15H,3,16-19H2,1-2H3,(H,27,30). The van der Waals surface area contributed by atoms with Gasteiger partial charge in [-0.15, -0.1) is 0 Å². The molecule has 1 saturated heterocycles. The van der Waals surface area contributed by atoms with E-state index >= 15 is 0 Å². The highest BCUT2D eigenvalue weighted by Crippen LogP contribution is 2.29. The number of hydrogen-bond donors (Lipinski definition) is 1. The van der Waals surface area contributed by atoms with Crippen molar-refractivity contribution in [2.45, 2.75) is 11.8 Å². The number of anilines is 2. The lowest BCUT2D eigenvalue weighted by Crippen LogP contribution is -2.48. The van der Waals surface area contributed by atoms with Gasteiger partial charge in [-0.3, -0.25) is 4.79 Å². The van der Waals surface area contributed by atoms with Crippen molar-refractivity contribution in [2.75, 3.05) is 50.1 Å². The zero-order valence-electron chi connectivity index (χ0n) is 19.8. The predicted molar refractivity (Wildman–Crippen MR) is 136 cm³/mol. The minimum atomic E-state index is -3.65. The number of nitrogens with one attached hydrogen (secondary N) is 1. The number of piperazine rings is 1. The second-order valence-corrected chi connectivity index (χ2v) is 9.91. The number of carbonyl (C=O) groups excluding carboxylic acids is 1. The van der Waals surface area contributed by atoms with E-state index in [1.54, 1.807) is 43.5 Å². The zero-order valence-corrected chi connectivity index (χ0v) is 20.6. The molecule has 0 aromatic heterocycles. The van der Waals surface area contributed by atoms with E-state index in [1.807, 2.05) is 31.2 Å². The molecule has 0 aliphatic carbocycles. The molecule has 184 valence electrons. The minimum absolute atomic E-state index is 0.191. The van der Waals surface area contributed by atoms with E-state index in [0.29, 0.717) is 49.8 Å². The number of para-hydroxylation sites is 3. The normalized spacial score (nSPS) is 14.4. The first kappa shape index (κ1) is 24.6. The molecule has 1 aliphatic heterocycles. The predicted octanol–water partition coefficient (Wildman–Crippen LogP) is 3.86. The maximum absolute atomic E-state index is 13.2. The summed E-state index contributed by atoms with van der Waals surface area (Å²) in [7, 11) is -2.02. The molecule has 1 N–H and O–H groups in total. The van der Waals surface area contributed by atoms with Gasteiger partial charge in [-0.2, -0.15) is 4.31 Å². The summed E-state index contributed by atoms with van der Waals surface area (Å²) in [5.41, 5.74) is 1.87. The first-order valence-electron chi connectivity index (χ1n) is 11.5. The molecule has 0 saturated carbocycles. The lowest BCUT2D eigenvalue weighted by Gasteiger charge is -2.35.